The van der Waals surface area contributed by atoms with Crippen LogP contribution in [0.4, 0.5) is 0 Å². The van der Waals surface area contributed by atoms with E-state index in [1.807, 2.05) is 30.9 Å². The third-order valence-corrected chi connectivity index (χ3v) is 6.23. The highest BCUT2D eigenvalue weighted by atomic mass is 32.1. The van der Waals surface area contributed by atoms with Crippen LogP contribution in [0.5, 0.6) is 0 Å². The van der Waals surface area contributed by atoms with Gasteiger partial charge in [0.05, 0.1) is 5.41 Å². The standard InChI is InChI=1S/C22H28N2O2S/c1-3-8-20(25)24-13-12-22(16-24,21(26)23-4-2)15-17-9-5-6-10-18(17)19-11-7-14-27-19/h5-7,9-11,14H,3-4,8,12-13,15-16H2,1-2H3,(H,23,26). The summed E-state index contributed by atoms with van der Waals surface area (Å²) in [5.41, 5.74) is 1.82. The lowest BCUT2D eigenvalue weighted by atomic mass is 9.78. The lowest BCUT2D eigenvalue weighted by Gasteiger charge is -2.29. The molecule has 1 aromatic carbocycles. The molecule has 1 saturated heterocycles. The Labute approximate surface area is 165 Å². The molecule has 2 heterocycles. The number of nitrogens with zero attached hydrogens (tertiary/aromatic N) is 1. The van der Waals surface area contributed by atoms with Gasteiger partial charge in [0.15, 0.2) is 0 Å². The van der Waals surface area contributed by atoms with Crippen molar-refractivity contribution in [2.24, 2.45) is 5.41 Å². The highest BCUT2D eigenvalue weighted by Crippen LogP contribution is 2.38. The van der Waals surface area contributed by atoms with E-state index < -0.39 is 5.41 Å². The Morgan fingerprint density at radius 3 is 2.70 bits per heavy atom. The largest absolute Gasteiger partial charge is 0.356 e. The molecule has 0 radical (unpaired) electrons. The molecule has 2 aromatic rings. The number of hydrogen-bond donors (Lipinski definition) is 1. The van der Waals surface area contributed by atoms with Crippen LogP contribution >= 0.6 is 11.3 Å². The third kappa shape index (κ3) is 4.24. The second-order valence-electron chi connectivity index (χ2n) is 7.27. The Morgan fingerprint density at radius 1 is 1.19 bits per heavy atom. The van der Waals surface area contributed by atoms with Gasteiger partial charge >= 0.3 is 0 Å². The Bertz CT molecular complexity index is 787. The van der Waals surface area contributed by atoms with E-state index in [0.717, 1.165) is 6.42 Å². The number of carbonyl (C=O) groups is 2. The van der Waals surface area contributed by atoms with E-state index in [1.54, 1.807) is 11.3 Å². The van der Waals surface area contributed by atoms with Crippen LogP contribution in [0.25, 0.3) is 10.4 Å². The first kappa shape index (κ1) is 19.6. The first-order chi connectivity index (χ1) is 13.1. The molecule has 0 spiro atoms. The van der Waals surface area contributed by atoms with E-state index >= 15 is 0 Å². The Morgan fingerprint density at radius 2 is 2.00 bits per heavy atom. The molecule has 0 bridgehead atoms. The fourth-order valence-electron chi connectivity index (χ4n) is 3.93. The predicted octanol–water partition coefficient (Wildman–Crippen LogP) is 4.11. The van der Waals surface area contributed by atoms with Crippen molar-refractivity contribution in [2.75, 3.05) is 19.6 Å². The van der Waals surface area contributed by atoms with Gasteiger partial charge in [0.25, 0.3) is 0 Å². The molecular formula is C22H28N2O2S. The lowest BCUT2D eigenvalue weighted by Crippen LogP contribution is -2.45. The number of likely N-dealkylation sites (tertiary alicyclic amines) is 1. The second kappa shape index (κ2) is 8.70. The number of hydrogen-bond acceptors (Lipinski definition) is 3. The van der Waals surface area contributed by atoms with Crippen LogP contribution in [0.3, 0.4) is 0 Å². The van der Waals surface area contributed by atoms with Crippen LogP contribution in [0.15, 0.2) is 41.8 Å². The predicted molar refractivity (Wildman–Crippen MR) is 111 cm³/mol. The smallest absolute Gasteiger partial charge is 0.228 e. The summed E-state index contributed by atoms with van der Waals surface area (Å²) >= 11 is 1.71. The zero-order valence-electron chi connectivity index (χ0n) is 16.2. The Balaban J connectivity index is 1.90. The minimum Gasteiger partial charge on any atom is -0.356 e. The fraction of sp³-hybridized carbons (Fsp3) is 0.455. The van der Waals surface area contributed by atoms with Crippen LogP contribution in [0.1, 0.15) is 38.7 Å². The van der Waals surface area contributed by atoms with Gasteiger partial charge in [0.2, 0.25) is 11.8 Å². The van der Waals surface area contributed by atoms with E-state index in [9.17, 15) is 9.59 Å². The molecule has 1 aromatic heterocycles. The summed E-state index contributed by atoms with van der Waals surface area (Å²) in [4.78, 5) is 28.6. The first-order valence-corrected chi connectivity index (χ1v) is 10.7. The van der Waals surface area contributed by atoms with Gasteiger partial charge in [-0.05, 0) is 48.8 Å². The number of rotatable bonds is 7. The topological polar surface area (TPSA) is 49.4 Å². The van der Waals surface area contributed by atoms with Crippen molar-refractivity contribution in [2.45, 2.75) is 39.5 Å². The van der Waals surface area contributed by atoms with E-state index in [-0.39, 0.29) is 11.8 Å². The minimum absolute atomic E-state index is 0.0674. The van der Waals surface area contributed by atoms with Crippen LogP contribution in [-0.4, -0.2) is 36.3 Å². The Hall–Kier alpha value is -2.14. The van der Waals surface area contributed by atoms with Crippen LogP contribution in [0, 0.1) is 5.41 Å². The SMILES string of the molecule is CCCC(=O)N1CCC(Cc2ccccc2-c2cccs2)(C(=O)NCC)C1. The zero-order chi connectivity index (χ0) is 19.3. The van der Waals surface area contributed by atoms with Crippen LogP contribution in [-0.2, 0) is 16.0 Å². The van der Waals surface area contributed by atoms with Gasteiger partial charge < -0.3 is 10.2 Å². The Kier molecular flexibility index (Phi) is 6.32. The molecule has 1 atom stereocenters. The van der Waals surface area contributed by atoms with Crippen molar-refractivity contribution < 1.29 is 9.59 Å². The van der Waals surface area contributed by atoms with E-state index in [1.165, 1.54) is 16.0 Å². The molecular weight excluding hydrogens is 356 g/mol. The maximum Gasteiger partial charge on any atom is 0.228 e. The molecule has 144 valence electrons. The maximum atomic E-state index is 13.0. The molecule has 2 amide bonds. The molecule has 5 heteroatoms. The second-order valence-corrected chi connectivity index (χ2v) is 8.21. The van der Waals surface area contributed by atoms with Crippen molar-refractivity contribution in [1.29, 1.82) is 0 Å². The van der Waals surface area contributed by atoms with E-state index in [0.29, 0.717) is 38.9 Å². The molecule has 27 heavy (non-hydrogen) atoms. The molecule has 1 N–H and O–H groups in total. The zero-order valence-corrected chi connectivity index (χ0v) is 17.0. The fourth-order valence-corrected chi connectivity index (χ4v) is 4.71. The number of benzene rings is 1. The van der Waals surface area contributed by atoms with Gasteiger partial charge in [-0.3, -0.25) is 9.59 Å². The maximum absolute atomic E-state index is 13.0. The summed E-state index contributed by atoms with van der Waals surface area (Å²) in [6.07, 6.45) is 2.76. The normalized spacial score (nSPS) is 19.3. The van der Waals surface area contributed by atoms with E-state index in [2.05, 4.69) is 35.0 Å². The molecule has 1 aliphatic heterocycles. The summed E-state index contributed by atoms with van der Waals surface area (Å²) in [5.74, 6) is 0.230. The monoisotopic (exact) mass is 384 g/mol. The molecule has 1 aliphatic rings. The number of carbonyl (C=O) groups excluding carboxylic acids is 2. The molecule has 4 nitrogen and oxygen atoms in total. The molecule has 1 unspecified atom stereocenters. The van der Waals surface area contributed by atoms with Crippen LogP contribution < -0.4 is 5.32 Å². The highest BCUT2D eigenvalue weighted by Gasteiger charge is 2.45. The number of amides is 2. The number of nitrogens with one attached hydrogen (secondary N) is 1. The van der Waals surface area contributed by atoms with Gasteiger partial charge in [-0.2, -0.15) is 0 Å². The minimum atomic E-state index is -0.549. The van der Waals surface area contributed by atoms with Gasteiger partial charge in [-0.15, -0.1) is 11.3 Å². The third-order valence-electron chi connectivity index (χ3n) is 5.32. The van der Waals surface area contributed by atoms with Crippen molar-refractivity contribution in [1.82, 2.24) is 10.2 Å². The van der Waals surface area contributed by atoms with Crippen LogP contribution in [0.2, 0.25) is 0 Å². The molecule has 1 fully saturated rings. The van der Waals surface area contributed by atoms with Gasteiger partial charge in [0, 0.05) is 30.9 Å². The average Bonchev–Trinajstić information content (AvgIpc) is 3.33. The summed E-state index contributed by atoms with van der Waals surface area (Å²) in [6.45, 7) is 5.74. The molecule has 0 aliphatic carbocycles. The summed E-state index contributed by atoms with van der Waals surface area (Å²) < 4.78 is 0. The quantitative estimate of drug-likeness (QED) is 0.781. The van der Waals surface area contributed by atoms with Gasteiger partial charge in [0.1, 0.15) is 0 Å². The van der Waals surface area contributed by atoms with Crippen molar-refractivity contribution >= 4 is 23.2 Å². The van der Waals surface area contributed by atoms with Crippen molar-refractivity contribution in [3.63, 3.8) is 0 Å². The first-order valence-electron chi connectivity index (χ1n) is 9.77. The van der Waals surface area contributed by atoms with Crippen molar-refractivity contribution in [3.05, 3.63) is 47.3 Å². The number of thiophene rings is 1. The average molecular weight is 385 g/mol. The van der Waals surface area contributed by atoms with Gasteiger partial charge in [-0.25, -0.2) is 0 Å². The molecule has 3 rings (SSSR count). The van der Waals surface area contributed by atoms with Crippen molar-refractivity contribution in [3.8, 4) is 10.4 Å². The molecule has 0 saturated carbocycles. The van der Waals surface area contributed by atoms with Gasteiger partial charge in [-0.1, -0.05) is 37.3 Å². The summed E-state index contributed by atoms with van der Waals surface area (Å²) in [7, 11) is 0. The summed E-state index contributed by atoms with van der Waals surface area (Å²) in [6, 6.07) is 12.5. The highest BCUT2D eigenvalue weighted by molar-refractivity contribution is 7.13. The lowest BCUT2D eigenvalue weighted by molar-refractivity contribution is -0.133. The van der Waals surface area contributed by atoms with E-state index in [4.69, 9.17) is 0 Å². The summed E-state index contributed by atoms with van der Waals surface area (Å²) in [5, 5.41) is 5.10.